The molecule has 3 aliphatic rings. The first-order valence-corrected chi connectivity index (χ1v) is 9.18. The van der Waals surface area contributed by atoms with Crippen molar-refractivity contribution in [2.24, 2.45) is 11.8 Å². The third kappa shape index (κ3) is 2.08. The fraction of sp³-hybridized carbons (Fsp3) is 0.227. The third-order valence-corrected chi connectivity index (χ3v) is 5.97. The maximum absolute atomic E-state index is 14.4. The number of hydrogen-bond donors (Lipinski definition) is 0. The molecule has 28 heavy (non-hydrogen) atoms. The van der Waals surface area contributed by atoms with Gasteiger partial charge in [0.05, 0.1) is 29.6 Å². The van der Waals surface area contributed by atoms with Crippen LogP contribution in [0.1, 0.15) is 24.1 Å². The van der Waals surface area contributed by atoms with E-state index in [2.05, 4.69) is 0 Å². The normalized spacial score (nSPS) is 27.6. The number of carbonyl (C=O) groups is 3. The topological polar surface area (TPSA) is 57.7 Å². The second kappa shape index (κ2) is 5.86. The van der Waals surface area contributed by atoms with Gasteiger partial charge in [0.1, 0.15) is 5.82 Å². The molecule has 4 atom stereocenters. The summed E-state index contributed by atoms with van der Waals surface area (Å²) in [5.74, 6) is -3.34. The number of carbonyl (C=O) groups excluding carboxylic acids is 3. The van der Waals surface area contributed by atoms with Gasteiger partial charge in [-0.15, -0.1) is 0 Å². The van der Waals surface area contributed by atoms with E-state index in [1.807, 2.05) is 35.2 Å². The van der Waals surface area contributed by atoms with Gasteiger partial charge in [-0.3, -0.25) is 14.4 Å². The summed E-state index contributed by atoms with van der Waals surface area (Å²) in [5, 5.41) is 0. The molecule has 0 saturated carbocycles. The molecule has 3 aliphatic heterocycles. The van der Waals surface area contributed by atoms with Crippen molar-refractivity contribution in [1.82, 2.24) is 4.90 Å². The Morgan fingerprint density at radius 2 is 1.64 bits per heavy atom. The van der Waals surface area contributed by atoms with Crippen LogP contribution in [0.3, 0.4) is 0 Å². The molecule has 2 aromatic rings. The molecule has 0 spiro atoms. The van der Waals surface area contributed by atoms with E-state index >= 15 is 0 Å². The Morgan fingerprint density at radius 3 is 2.39 bits per heavy atom. The molecule has 2 fully saturated rings. The first-order valence-electron chi connectivity index (χ1n) is 9.18. The highest BCUT2D eigenvalue weighted by molar-refractivity contribution is 6.24. The number of hydrogen-bond acceptors (Lipinski definition) is 4. The van der Waals surface area contributed by atoms with Crippen molar-refractivity contribution in [3.63, 3.8) is 0 Å². The van der Waals surface area contributed by atoms with E-state index in [-0.39, 0.29) is 11.5 Å². The van der Waals surface area contributed by atoms with E-state index in [0.29, 0.717) is 0 Å². The molecule has 3 heterocycles. The van der Waals surface area contributed by atoms with Crippen LogP contribution in [-0.2, 0) is 14.4 Å². The van der Waals surface area contributed by atoms with E-state index < -0.39 is 41.6 Å². The quantitative estimate of drug-likeness (QED) is 0.757. The van der Waals surface area contributed by atoms with Gasteiger partial charge in [0.2, 0.25) is 11.8 Å². The number of amides is 2. The maximum atomic E-state index is 14.4. The minimum atomic E-state index is -0.828. The predicted octanol–water partition coefficient (Wildman–Crippen LogP) is 2.93. The van der Waals surface area contributed by atoms with E-state index in [1.165, 1.54) is 25.1 Å². The summed E-state index contributed by atoms with van der Waals surface area (Å²) in [4.78, 5) is 41.9. The Bertz CT molecular complexity index is 1060. The van der Waals surface area contributed by atoms with Crippen LogP contribution in [0.4, 0.5) is 10.1 Å². The number of nitrogens with zero attached hydrogens (tertiary/aromatic N) is 2. The average molecular weight is 376 g/mol. The van der Waals surface area contributed by atoms with Gasteiger partial charge in [0, 0.05) is 6.20 Å². The number of halogens is 1. The average Bonchev–Trinajstić information content (AvgIpc) is 3.16. The number of rotatable bonds is 2. The molecule has 0 aliphatic carbocycles. The predicted molar refractivity (Wildman–Crippen MR) is 100 cm³/mol. The van der Waals surface area contributed by atoms with Crippen molar-refractivity contribution in [2.45, 2.75) is 19.0 Å². The van der Waals surface area contributed by atoms with Gasteiger partial charge in [-0.05, 0) is 36.3 Å². The van der Waals surface area contributed by atoms with Gasteiger partial charge in [0.25, 0.3) is 0 Å². The van der Waals surface area contributed by atoms with Gasteiger partial charge in [0.15, 0.2) is 5.78 Å². The smallest absolute Gasteiger partial charge is 0.240 e. The highest BCUT2D eigenvalue weighted by Gasteiger charge is 2.64. The molecule has 5 nitrogen and oxygen atoms in total. The van der Waals surface area contributed by atoms with Crippen LogP contribution in [0.15, 0.2) is 54.7 Å². The summed E-state index contributed by atoms with van der Waals surface area (Å²) in [6.45, 7) is 1.43. The summed E-state index contributed by atoms with van der Waals surface area (Å²) in [6.07, 6.45) is 3.69. The molecule has 0 radical (unpaired) electrons. The van der Waals surface area contributed by atoms with E-state index in [9.17, 15) is 18.8 Å². The molecule has 140 valence electrons. The molecular formula is C22H17FN2O3. The summed E-state index contributed by atoms with van der Waals surface area (Å²) >= 11 is 0. The monoisotopic (exact) mass is 376 g/mol. The van der Waals surface area contributed by atoms with Gasteiger partial charge >= 0.3 is 0 Å². The Labute approximate surface area is 161 Å². The number of fused-ring (bicyclic) bond motifs is 5. The molecule has 6 heteroatoms. The first-order chi connectivity index (χ1) is 13.5. The molecular weight excluding hydrogens is 359 g/mol. The minimum absolute atomic E-state index is 0.0552. The lowest BCUT2D eigenvalue weighted by Gasteiger charge is -2.34. The Hall–Kier alpha value is -3.28. The van der Waals surface area contributed by atoms with Crippen molar-refractivity contribution >= 4 is 29.4 Å². The van der Waals surface area contributed by atoms with Crippen molar-refractivity contribution < 1.29 is 18.8 Å². The molecule has 2 amide bonds. The highest BCUT2D eigenvalue weighted by Crippen LogP contribution is 2.53. The van der Waals surface area contributed by atoms with E-state index in [1.54, 1.807) is 12.3 Å². The number of anilines is 1. The highest BCUT2D eigenvalue weighted by atomic mass is 19.1. The number of Topliss-reactive ketones (excluding diaryl/α,β-unsaturated/α-hetero) is 1. The fourth-order valence-electron chi connectivity index (χ4n) is 4.89. The molecule has 5 rings (SSSR count). The molecule has 2 saturated heterocycles. The molecule has 0 N–H and O–H groups in total. The van der Waals surface area contributed by atoms with Crippen LogP contribution in [0.5, 0.6) is 0 Å². The SMILES string of the molecule is CC(=O)[C@H]1[C@@H]2C(=O)N(c3ccccc3F)C(=O)[C@@H]2[C@H]2c3ccccc3C=CN21. The second-order valence-corrected chi connectivity index (χ2v) is 7.41. The zero-order chi connectivity index (χ0) is 19.6. The Morgan fingerprint density at radius 1 is 0.964 bits per heavy atom. The van der Waals surface area contributed by atoms with Gasteiger partial charge < -0.3 is 4.90 Å². The number of benzene rings is 2. The molecule has 0 bridgehead atoms. The summed E-state index contributed by atoms with van der Waals surface area (Å²) in [7, 11) is 0. The summed E-state index contributed by atoms with van der Waals surface area (Å²) < 4.78 is 14.4. The van der Waals surface area contributed by atoms with Crippen LogP contribution in [-0.4, -0.2) is 28.5 Å². The van der Waals surface area contributed by atoms with Crippen molar-refractivity contribution in [3.05, 3.63) is 71.7 Å². The van der Waals surface area contributed by atoms with Gasteiger partial charge in [-0.25, -0.2) is 9.29 Å². The van der Waals surface area contributed by atoms with Gasteiger partial charge in [-0.2, -0.15) is 0 Å². The van der Waals surface area contributed by atoms with E-state index in [4.69, 9.17) is 0 Å². The Balaban J connectivity index is 1.67. The van der Waals surface area contributed by atoms with Crippen LogP contribution < -0.4 is 4.90 Å². The lowest BCUT2D eigenvalue weighted by atomic mass is 9.84. The lowest BCUT2D eigenvalue weighted by molar-refractivity contribution is -0.129. The van der Waals surface area contributed by atoms with Crippen molar-refractivity contribution in [1.29, 1.82) is 0 Å². The zero-order valence-corrected chi connectivity index (χ0v) is 15.1. The fourth-order valence-corrected chi connectivity index (χ4v) is 4.89. The van der Waals surface area contributed by atoms with Crippen LogP contribution in [0.25, 0.3) is 6.08 Å². The number of ketones is 1. The first kappa shape index (κ1) is 16.9. The molecule has 0 aromatic heterocycles. The van der Waals surface area contributed by atoms with E-state index in [0.717, 1.165) is 16.0 Å². The number of imide groups is 1. The standard InChI is InChI=1S/C22H17FN2O3/c1-12(26)19-17-18(20-14-7-3-2-6-13(14)10-11-24(19)20)22(28)25(21(17)27)16-9-5-4-8-15(16)23/h2-11,17-20H,1H3/t17-,18+,19+,20-/m1/s1. The van der Waals surface area contributed by atoms with Crippen molar-refractivity contribution in [2.75, 3.05) is 4.90 Å². The number of para-hydroxylation sites is 1. The molecule has 2 aromatic carbocycles. The summed E-state index contributed by atoms with van der Waals surface area (Å²) in [5.41, 5.74) is 1.80. The van der Waals surface area contributed by atoms with Crippen LogP contribution in [0.2, 0.25) is 0 Å². The zero-order valence-electron chi connectivity index (χ0n) is 15.1. The van der Waals surface area contributed by atoms with Gasteiger partial charge in [-0.1, -0.05) is 36.4 Å². The minimum Gasteiger partial charge on any atom is -0.359 e. The maximum Gasteiger partial charge on any atom is 0.240 e. The Kier molecular flexibility index (Phi) is 3.53. The summed E-state index contributed by atoms with van der Waals surface area (Å²) in [6, 6.07) is 12.2. The largest absolute Gasteiger partial charge is 0.359 e. The third-order valence-electron chi connectivity index (χ3n) is 5.97. The molecule has 0 unspecified atom stereocenters. The van der Waals surface area contributed by atoms with Crippen LogP contribution >= 0.6 is 0 Å². The second-order valence-electron chi connectivity index (χ2n) is 7.41. The van der Waals surface area contributed by atoms with Crippen molar-refractivity contribution in [3.8, 4) is 0 Å². The van der Waals surface area contributed by atoms with Crippen LogP contribution in [0, 0.1) is 17.7 Å². The lowest BCUT2D eigenvalue weighted by Crippen LogP contribution is -2.43.